The van der Waals surface area contributed by atoms with Gasteiger partial charge in [0.2, 0.25) is 0 Å². The number of hydrogen-bond acceptors (Lipinski definition) is 3. The van der Waals surface area contributed by atoms with Gasteiger partial charge in [-0.2, -0.15) is 0 Å². The average molecular weight is 362 g/mol. The number of hydrogen-bond donors (Lipinski definition) is 1. The number of nitrogens with one attached hydrogen (secondary N) is 1. The summed E-state index contributed by atoms with van der Waals surface area (Å²) in [5.74, 6) is -0.781. The summed E-state index contributed by atoms with van der Waals surface area (Å²) in [5.41, 5.74) is 2.58. The molecule has 0 heterocycles. The van der Waals surface area contributed by atoms with E-state index in [1.807, 2.05) is 49.4 Å². The van der Waals surface area contributed by atoms with E-state index in [-0.39, 0.29) is 18.9 Å². The lowest BCUT2D eigenvalue weighted by atomic mass is 10.2. The Balaban J connectivity index is 1.78. The molecule has 2 rings (SSSR count). The predicted molar refractivity (Wildman–Crippen MR) is 88.6 cm³/mol. The van der Waals surface area contributed by atoms with E-state index in [2.05, 4.69) is 21.2 Å². The zero-order valence-electron chi connectivity index (χ0n) is 12.1. The van der Waals surface area contributed by atoms with Crippen LogP contribution in [-0.2, 0) is 20.7 Å². The second-order valence-electron chi connectivity index (χ2n) is 4.88. The van der Waals surface area contributed by atoms with E-state index in [9.17, 15) is 9.59 Å². The van der Waals surface area contributed by atoms with Crippen LogP contribution in [0.15, 0.2) is 53.0 Å². The Labute approximate surface area is 137 Å². The Kier molecular flexibility index (Phi) is 5.72. The minimum absolute atomic E-state index is 0.144. The summed E-state index contributed by atoms with van der Waals surface area (Å²) in [6.45, 7) is 1.65. The van der Waals surface area contributed by atoms with Gasteiger partial charge in [-0.05, 0) is 42.3 Å². The lowest BCUT2D eigenvalue weighted by Crippen LogP contribution is -2.21. The Morgan fingerprint density at radius 2 is 1.86 bits per heavy atom. The van der Waals surface area contributed by atoms with Crippen LogP contribution >= 0.6 is 15.9 Å². The third kappa shape index (κ3) is 5.33. The van der Waals surface area contributed by atoms with Gasteiger partial charge < -0.3 is 10.1 Å². The van der Waals surface area contributed by atoms with Gasteiger partial charge in [-0.3, -0.25) is 9.59 Å². The number of rotatable bonds is 5. The predicted octanol–water partition coefficient (Wildman–Crippen LogP) is 3.48. The largest absolute Gasteiger partial charge is 0.455 e. The van der Waals surface area contributed by atoms with Crippen molar-refractivity contribution in [2.24, 2.45) is 0 Å². The molecule has 2 aromatic carbocycles. The molecule has 0 saturated heterocycles. The molecule has 0 unspecified atom stereocenters. The van der Waals surface area contributed by atoms with Gasteiger partial charge in [0.25, 0.3) is 5.91 Å². The molecule has 5 heteroatoms. The monoisotopic (exact) mass is 361 g/mol. The van der Waals surface area contributed by atoms with Crippen LogP contribution in [-0.4, -0.2) is 18.5 Å². The zero-order valence-corrected chi connectivity index (χ0v) is 13.7. The number of esters is 1. The second kappa shape index (κ2) is 7.75. The SMILES string of the molecule is Cc1cccc(NC(=O)COC(=O)Cc2ccc(Br)cc2)c1. The van der Waals surface area contributed by atoms with E-state index in [1.165, 1.54) is 0 Å². The minimum Gasteiger partial charge on any atom is -0.455 e. The molecule has 1 N–H and O–H groups in total. The first kappa shape index (κ1) is 16.2. The van der Waals surface area contributed by atoms with Gasteiger partial charge in [0.15, 0.2) is 6.61 Å². The first-order chi connectivity index (χ1) is 10.5. The van der Waals surface area contributed by atoms with Crippen LogP contribution in [0.5, 0.6) is 0 Å². The maximum absolute atomic E-state index is 11.7. The third-order valence-corrected chi connectivity index (χ3v) is 3.46. The highest BCUT2D eigenvalue weighted by Gasteiger charge is 2.09. The molecule has 0 aliphatic carbocycles. The van der Waals surface area contributed by atoms with Crippen LogP contribution in [0.25, 0.3) is 0 Å². The lowest BCUT2D eigenvalue weighted by Gasteiger charge is -2.07. The van der Waals surface area contributed by atoms with Gasteiger partial charge in [0, 0.05) is 10.2 Å². The normalized spacial score (nSPS) is 10.1. The molecule has 0 bridgehead atoms. The topological polar surface area (TPSA) is 55.4 Å². The Bertz CT molecular complexity index is 668. The molecule has 0 saturated carbocycles. The van der Waals surface area contributed by atoms with Gasteiger partial charge in [0.1, 0.15) is 0 Å². The van der Waals surface area contributed by atoms with Gasteiger partial charge in [-0.25, -0.2) is 0 Å². The highest BCUT2D eigenvalue weighted by Crippen LogP contribution is 2.11. The highest BCUT2D eigenvalue weighted by molar-refractivity contribution is 9.10. The molecule has 2 aromatic rings. The highest BCUT2D eigenvalue weighted by atomic mass is 79.9. The molecular formula is C17H16BrNO3. The number of benzene rings is 2. The van der Waals surface area contributed by atoms with Gasteiger partial charge in [0.05, 0.1) is 6.42 Å². The fraction of sp³-hybridized carbons (Fsp3) is 0.176. The van der Waals surface area contributed by atoms with Crippen molar-refractivity contribution in [1.82, 2.24) is 0 Å². The molecule has 1 amide bonds. The number of ether oxygens (including phenoxy) is 1. The van der Waals surface area contributed by atoms with Crippen molar-refractivity contribution in [3.8, 4) is 0 Å². The molecular weight excluding hydrogens is 346 g/mol. The minimum atomic E-state index is -0.429. The number of halogens is 1. The lowest BCUT2D eigenvalue weighted by molar-refractivity contribution is -0.146. The quantitative estimate of drug-likeness (QED) is 0.829. The fourth-order valence-electron chi connectivity index (χ4n) is 1.89. The van der Waals surface area contributed by atoms with Crippen molar-refractivity contribution in [2.75, 3.05) is 11.9 Å². The zero-order chi connectivity index (χ0) is 15.9. The molecule has 0 aliphatic heterocycles. The van der Waals surface area contributed by atoms with E-state index in [1.54, 1.807) is 6.07 Å². The van der Waals surface area contributed by atoms with Gasteiger partial charge >= 0.3 is 5.97 Å². The summed E-state index contributed by atoms with van der Waals surface area (Å²) in [4.78, 5) is 23.4. The van der Waals surface area contributed by atoms with Crippen molar-refractivity contribution in [3.05, 3.63) is 64.1 Å². The van der Waals surface area contributed by atoms with Crippen LogP contribution in [0.4, 0.5) is 5.69 Å². The fourth-order valence-corrected chi connectivity index (χ4v) is 2.15. The number of anilines is 1. The molecule has 0 aliphatic rings. The summed E-state index contributed by atoms with van der Waals surface area (Å²) in [7, 11) is 0. The number of carbonyl (C=O) groups excluding carboxylic acids is 2. The maximum Gasteiger partial charge on any atom is 0.310 e. The van der Waals surface area contributed by atoms with E-state index in [0.29, 0.717) is 5.69 Å². The summed E-state index contributed by atoms with van der Waals surface area (Å²) < 4.78 is 5.92. The standard InChI is InChI=1S/C17H16BrNO3/c1-12-3-2-4-15(9-12)19-16(20)11-22-17(21)10-13-5-7-14(18)8-6-13/h2-9H,10-11H2,1H3,(H,19,20). The number of aryl methyl sites for hydroxylation is 1. The van der Waals surface area contributed by atoms with Crippen LogP contribution in [0.1, 0.15) is 11.1 Å². The number of carbonyl (C=O) groups is 2. The molecule has 4 nitrogen and oxygen atoms in total. The van der Waals surface area contributed by atoms with E-state index in [0.717, 1.165) is 15.6 Å². The summed E-state index contributed by atoms with van der Waals surface area (Å²) >= 11 is 3.33. The second-order valence-corrected chi connectivity index (χ2v) is 5.80. The molecule has 22 heavy (non-hydrogen) atoms. The van der Waals surface area contributed by atoms with Crippen molar-refractivity contribution in [2.45, 2.75) is 13.3 Å². The van der Waals surface area contributed by atoms with Crippen LogP contribution in [0.3, 0.4) is 0 Å². The van der Waals surface area contributed by atoms with Gasteiger partial charge in [-0.15, -0.1) is 0 Å². The van der Waals surface area contributed by atoms with Crippen molar-refractivity contribution in [1.29, 1.82) is 0 Å². The van der Waals surface area contributed by atoms with Crippen molar-refractivity contribution >= 4 is 33.5 Å². The Morgan fingerprint density at radius 3 is 2.55 bits per heavy atom. The summed E-state index contributed by atoms with van der Waals surface area (Å²) in [6, 6.07) is 14.8. The molecule has 114 valence electrons. The molecule has 0 aromatic heterocycles. The first-order valence-electron chi connectivity index (χ1n) is 6.79. The van der Waals surface area contributed by atoms with Crippen molar-refractivity contribution in [3.63, 3.8) is 0 Å². The van der Waals surface area contributed by atoms with Crippen LogP contribution < -0.4 is 5.32 Å². The van der Waals surface area contributed by atoms with Crippen LogP contribution in [0.2, 0.25) is 0 Å². The first-order valence-corrected chi connectivity index (χ1v) is 7.59. The Morgan fingerprint density at radius 1 is 1.14 bits per heavy atom. The molecule has 0 spiro atoms. The summed E-state index contributed by atoms with van der Waals surface area (Å²) in [6.07, 6.45) is 0.144. The van der Waals surface area contributed by atoms with E-state index >= 15 is 0 Å². The Hall–Kier alpha value is -2.14. The van der Waals surface area contributed by atoms with Crippen molar-refractivity contribution < 1.29 is 14.3 Å². The third-order valence-electron chi connectivity index (χ3n) is 2.93. The molecule has 0 atom stereocenters. The van der Waals surface area contributed by atoms with Crippen LogP contribution in [0, 0.1) is 6.92 Å². The summed E-state index contributed by atoms with van der Waals surface area (Å²) in [5, 5.41) is 2.69. The molecule has 0 fully saturated rings. The van der Waals surface area contributed by atoms with Gasteiger partial charge in [-0.1, -0.05) is 40.2 Å². The van der Waals surface area contributed by atoms with E-state index < -0.39 is 5.97 Å². The average Bonchev–Trinajstić information content (AvgIpc) is 2.48. The number of amides is 1. The van der Waals surface area contributed by atoms with E-state index in [4.69, 9.17) is 4.74 Å². The smallest absolute Gasteiger partial charge is 0.310 e. The maximum atomic E-state index is 11.7. The molecule has 0 radical (unpaired) electrons.